The topological polar surface area (TPSA) is 55.0 Å². The minimum Gasteiger partial charge on any atom is -0.355 e. The molecule has 2 rings (SSSR count). The van der Waals surface area contributed by atoms with Gasteiger partial charge in [0.15, 0.2) is 5.82 Å². The third kappa shape index (κ3) is 2.32. The van der Waals surface area contributed by atoms with E-state index < -0.39 is 0 Å². The molecule has 0 bridgehead atoms. The molecule has 2 heterocycles. The molecule has 2 atom stereocenters. The van der Waals surface area contributed by atoms with Crippen molar-refractivity contribution in [1.82, 2.24) is 10.2 Å². The van der Waals surface area contributed by atoms with Crippen LogP contribution in [-0.2, 0) is 6.54 Å². The Balaban J connectivity index is 2.06. The number of hydrogen-bond donors (Lipinski definition) is 1. The van der Waals surface area contributed by atoms with Crippen LogP contribution in [0.2, 0.25) is 0 Å². The van der Waals surface area contributed by atoms with Crippen LogP contribution in [0.1, 0.15) is 26.0 Å². The van der Waals surface area contributed by atoms with Crippen molar-refractivity contribution in [3.05, 3.63) is 17.8 Å². The third-order valence-electron chi connectivity index (χ3n) is 3.57. The van der Waals surface area contributed by atoms with Gasteiger partial charge in [0.05, 0.1) is 5.69 Å². The number of piperidine rings is 1. The molecular weight excluding hydrogens is 200 g/mol. The van der Waals surface area contributed by atoms with E-state index in [1.54, 1.807) is 0 Å². The summed E-state index contributed by atoms with van der Waals surface area (Å²) in [6.07, 6.45) is 1.24. The first-order chi connectivity index (χ1) is 7.70. The summed E-state index contributed by atoms with van der Waals surface area (Å²) >= 11 is 0. The summed E-state index contributed by atoms with van der Waals surface area (Å²) in [5, 5.41) is 8.33. The summed E-state index contributed by atoms with van der Waals surface area (Å²) in [6, 6.07) is 3.99. The van der Waals surface area contributed by atoms with E-state index in [0.717, 1.165) is 36.4 Å². The maximum atomic E-state index is 5.50. The van der Waals surface area contributed by atoms with Gasteiger partial charge < -0.3 is 10.6 Å². The second kappa shape index (κ2) is 4.78. The van der Waals surface area contributed by atoms with Crippen molar-refractivity contribution in [2.75, 3.05) is 18.0 Å². The average Bonchev–Trinajstić information content (AvgIpc) is 2.33. The highest BCUT2D eigenvalue weighted by atomic mass is 15.3. The van der Waals surface area contributed by atoms with Crippen molar-refractivity contribution in [1.29, 1.82) is 0 Å². The van der Waals surface area contributed by atoms with Gasteiger partial charge in [0.25, 0.3) is 0 Å². The molecule has 2 N–H and O–H groups in total. The fraction of sp³-hybridized carbons (Fsp3) is 0.667. The Morgan fingerprint density at radius 3 is 2.69 bits per heavy atom. The number of nitrogens with zero attached hydrogens (tertiary/aromatic N) is 3. The Morgan fingerprint density at radius 2 is 2.12 bits per heavy atom. The summed E-state index contributed by atoms with van der Waals surface area (Å²) in [4.78, 5) is 2.32. The first kappa shape index (κ1) is 11.3. The Bertz CT molecular complexity index is 335. The monoisotopic (exact) mass is 220 g/mol. The lowest BCUT2D eigenvalue weighted by Gasteiger charge is -2.35. The smallest absolute Gasteiger partial charge is 0.151 e. The van der Waals surface area contributed by atoms with E-state index in [-0.39, 0.29) is 0 Å². The highest BCUT2D eigenvalue weighted by molar-refractivity contribution is 5.37. The van der Waals surface area contributed by atoms with Crippen molar-refractivity contribution < 1.29 is 0 Å². The highest BCUT2D eigenvalue weighted by Crippen LogP contribution is 2.25. The Kier molecular flexibility index (Phi) is 3.39. The zero-order valence-corrected chi connectivity index (χ0v) is 10.1. The van der Waals surface area contributed by atoms with Crippen LogP contribution in [0, 0.1) is 11.8 Å². The molecule has 0 spiro atoms. The van der Waals surface area contributed by atoms with Gasteiger partial charge in [0.1, 0.15) is 0 Å². The predicted octanol–water partition coefficient (Wildman–Crippen LogP) is 1.42. The molecule has 1 aromatic heterocycles. The van der Waals surface area contributed by atoms with Gasteiger partial charge in [0, 0.05) is 19.6 Å². The largest absolute Gasteiger partial charge is 0.355 e. The molecule has 1 aromatic rings. The van der Waals surface area contributed by atoms with Crippen molar-refractivity contribution in [2.45, 2.75) is 26.8 Å². The van der Waals surface area contributed by atoms with Crippen LogP contribution in [-0.4, -0.2) is 23.3 Å². The van der Waals surface area contributed by atoms with E-state index in [1.165, 1.54) is 6.42 Å². The van der Waals surface area contributed by atoms with E-state index in [9.17, 15) is 0 Å². The molecule has 2 unspecified atom stereocenters. The predicted molar refractivity (Wildman–Crippen MR) is 65.1 cm³/mol. The van der Waals surface area contributed by atoms with Crippen molar-refractivity contribution in [2.24, 2.45) is 17.6 Å². The zero-order valence-electron chi connectivity index (χ0n) is 10.1. The number of nitrogens with two attached hydrogens (primary N) is 1. The SMILES string of the molecule is CC1CCN(c2ccc(CN)nn2)CC1C. The Hall–Kier alpha value is -1.16. The first-order valence-electron chi connectivity index (χ1n) is 5.98. The van der Waals surface area contributed by atoms with Crippen LogP contribution >= 0.6 is 0 Å². The van der Waals surface area contributed by atoms with Crippen molar-refractivity contribution in [3.63, 3.8) is 0 Å². The first-order valence-corrected chi connectivity index (χ1v) is 5.98. The molecule has 16 heavy (non-hydrogen) atoms. The fourth-order valence-corrected chi connectivity index (χ4v) is 2.10. The fourth-order valence-electron chi connectivity index (χ4n) is 2.10. The Labute approximate surface area is 96.9 Å². The quantitative estimate of drug-likeness (QED) is 0.819. The summed E-state index contributed by atoms with van der Waals surface area (Å²) in [6.45, 7) is 7.25. The van der Waals surface area contributed by atoms with Gasteiger partial charge in [-0.1, -0.05) is 13.8 Å². The van der Waals surface area contributed by atoms with Gasteiger partial charge in [-0.25, -0.2) is 0 Å². The standard InChI is InChI=1S/C12H20N4/c1-9-5-6-16(8-10(9)2)12-4-3-11(7-13)14-15-12/h3-4,9-10H,5-8,13H2,1-2H3. The van der Waals surface area contributed by atoms with Gasteiger partial charge in [0.2, 0.25) is 0 Å². The van der Waals surface area contributed by atoms with Crippen LogP contribution in [0.5, 0.6) is 0 Å². The summed E-state index contributed by atoms with van der Waals surface area (Å²) < 4.78 is 0. The number of aromatic nitrogens is 2. The maximum Gasteiger partial charge on any atom is 0.151 e. The molecule has 0 radical (unpaired) electrons. The molecule has 1 aliphatic heterocycles. The van der Waals surface area contributed by atoms with Crippen LogP contribution in [0.3, 0.4) is 0 Å². The van der Waals surface area contributed by atoms with Gasteiger partial charge in [-0.2, -0.15) is 5.10 Å². The second-order valence-corrected chi connectivity index (χ2v) is 4.78. The number of anilines is 1. The molecule has 88 valence electrons. The molecule has 1 saturated heterocycles. The summed E-state index contributed by atoms with van der Waals surface area (Å²) in [5.41, 5.74) is 6.35. The molecule has 4 heteroatoms. The molecule has 0 aliphatic carbocycles. The van der Waals surface area contributed by atoms with Crippen LogP contribution < -0.4 is 10.6 Å². The Morgan fingerprint density at radius 1 is 1.31 bits per heavy atom. The van der Waals surface area contributed by atoms with E-state index in [0.29, 0.717) is 6.54 Å². The van der Waals surface area contributed by atoms with Gasteiger partial charge >= 0.3 is 0 Å². The molecule has 0 aromatic carbocycles. The minimum absolute atomic E-state index is 0.459. The summed E-state index contributed by atoms with van der Waals surface area (Å²) in [7, 11) is 0. The van der Waals surface area contributed by atoms with Crippen LogP contribution in [0.4, 0.5) is 5.82 Å². The van der Waals surface area contributed by atoms with E-state index in [2.05, 4.69) is 28.9 Å². The number of hydrogen-bond acceptors (Lipinski definition) is 4. The lowest BCUT2D eigenvalue weighted by molar-refractivity contribution is 0.322. The lowest BCUT2D eigenvalue weighted by atomic mass is 9.89. The molecule has 4 nitrogen and oxygen atoms in total. The zero-order chi connectivity index (χ0) is 11.5. The van der Waals surface area contributed by atoms with Crippen LogP contribution in [0.15, 0.2) is 12.1 Å². The second-order valence-electron chi connectivity index (χ2n) is 4.78. The lowest BCUT2D eigenvalue weighted by Crippen LogP contribution is -2.39. The van der Waals surface area contributed by atoms with Gasteiger partial charge in [-0.3, -0.25) is 0 Å². The molecule has 0 saturated carbocycles. The molecule has 1 fully saturated rings. The maximum absolute atomic E-state index is 5.50. The average molecular weight is 220 g/mol. The molecular formula is C12H20N4. The minimum atomic E-state index is 0.459. The van der Waals surface area contributed by atoms with Gasteiger partial charge in [-0.15, -0.1) is 5.10 Å². The highest BCUT2D eigenvalue weighted by Gasteiger charge is 2.23. The van der Waals surface area contributed by atoms with E-state index in [4.69, 9.17) is 5.73 Å². The van der Waals surface area contributed by atoms with E-state index >= 15 is 0 Å². The van der Waals surface area contributed by atoms with Crippen molar-refractivity contribution in [3.8, 4) is 0 Å². The summed E-state index contributed by atoms with van der Waals surface area (Å²) in [5.74, 6) is 2.52. The number of rotatable bonds is 2. The van der Waals surface area contributed by atoms with Crippen molar-refractivity contribution >= 4 is 5.82 Å². The normalized spacial score (nSPS) is 25.8. The molecule has 0 amide bonds. The van der Waals surface area contributed by atoms with Crippen LogP contribution in [0.25, 0.3) is 0 Å². The van der Waals surface area contributed by atoms with Gasteiger partial charge in [-0.05, 0) is 30.4 Å². The third-order valence-corrected chi connectivity index (χ3v) is 3.57. The van der Waals surface area contributed by atoms with E-state index in [1.807, 2.05) is 12.1 Å². The molecule has 1 aliphatic rings.